The van der Waals surface area contributed by atoms with Gasteiger partial charge in [-0.1, -0.05) is 97.9 Å². The van der Waals surface area contributed by atoms with Crippen molar-refractivity contribution in [1.29, 1.82) is 0 Å². The number of ether oxygens (including phenoxy) is 1. The summed E-state index contributed by atoms with van der Waals surface area (Å²) in [5.41, 5.74) is 3.10. The lowest BCUT2D eigenvalue weighted by molar-refractivity contribution is -0.130. The Kier molecular flexibility index (Phi) is 6.54. The van der Waals surface area contributed by atoms with E-state index in [4.69, 9.17) is 4.74 Å². The van der Waals surface area contributed by atoms with Gasteiger partial charge in [-0.2, -0.15) is 0 Å². The number of amides is 2. The first kappa shape index (κ1) is 21.3. The van der Waals surface area contributed by atoms with E-state index in [1.165, 1.54) is 0 Å². The first-order chi connectivity index (χ1) is 15.1. The van der Waals surface area contributed by atoms with E-state index < -0.39 is 10.9 Å². The molecule has 0 aliphatic carbocycles. The highest BCUT2D eigenvalue weighted by atomic mass is 32.2. The Morgan fingerprint density at radius 3 is 1.68 bits per heavy atom. The predicted molar refractivity (Wildman–Crippen MR) is 124 cm³/mol. The van der Waals surface area contributed by atoms with Crippen LogP contribution in [0.15, 0.2) is 91.0 Å². The minimum absolute atomic E-state index is 0.0743. The maximum atomic E-state index is 12.1. The zero-order chi connectivity index (χ0) is 21.7. The molecule has 0 aromatic heterocycles. The lowest BCUT2D eigenvalue weighted by atomic mass is 9.84. The van der Waals surface area contributed by atoms with Crippen LogP contribution in [0.3, 0.4) is 0 Å². The first-order valence-corrected chi connectivity index (χ1v) is 11.3. The van der Waals surface area contributed by atoms with Gasteiger partial charge in [0, 0.05) is 0 Å². The number of carbonyl (C=O) groups excluding carboxylic acids is 2. The SMILES string of the molecule is CCC(OC1CC(=O)NC1=O)SC(c1ccccc1)(c1ccccc1)c1ccccc1. The minimum atomic E-state index is -0.745. The monoisotopic (exact) mass is 431 g/mol. The fraction of sp³-hybridized carbons (Fsp3) is 0.231. The average molecular weight is 432 g/mol. The van der Waals surface area contributed by atoms with Crippen LogP contribution in [0.5, 0.6) is 0 Å². The molecule has 1 saturated heterocycles. The van der Waals surface area contributed by atoms with Crippen LogP contribution in [0.2, 0.25) is 0 Å². The second-order valence-electron chi connectivity index (χ2n) is 7.48. The van der Waals surface area contributed by atoms with Crippen LogP contribution in [-0.4, -0.2) is 23.4 Å². The maximum Gasteiger partial charge on any atom is 0.256 e. The summed E-state index contributed by atoms with van der Waals surface area (Å²) in [5, 5.41) is 2.34. The number of hydrogen-bond donors (Lipinski definition) is 1. The minimum Gasteiger partial charge on any atom is -0.354 e. The molecule has 0 saturated carbocycles. The molecule has 0 spiro atoms. The van der Waals surface area contributed by atoms with Crippen LogP contribution < -0.4 is 5.32 Å². The molecule has 5 heteroatoms. The molecule has 2 unspecified atom stereocenters. The van der Waals surface area contributed by atoms with Gasteiger partial charge in [-0.05, 0) is 23.1 Å². The molecule has 1 aliphatic rings. The number of rotatable bonds is 8. The van der Waals surface area contributed by atoms with Crippen molar-refractivity contribution in [2.45, 2.75) is 36.1 Å². The smallest absolute Gasteiger partial charge is 0.256 e. The maximum absolute atomic E-state index is 12.1. The molecule has 3 aromatic carbocycles. The van der Waals surface area contributed by atoms with E-state index in [1.807, 2.05) is 61.5 Å². The molecule has 4 rings (SSSR count). The van der Waals surface area contributed by atoms with Gasteiger partial charge in [0.2, 0.25) is 5.91 Å². The van der Waals surface area contributed by atoms with Crippen molar-refractivity contribution in [3.8, 4) is 0 Å². The van der Waals surface area contributed by atoms with Crippen LogP contribution in [0.4, 0.5) is 0 Å². The molecule has 1 N–H and O–H groups in total. The van der Waals surface area contributed by atoms with Gasteiger partial charge in [0.25, 0.3) is 5.91 Å². The highest BCUT2D eigenvalue weighted by molar-refractivity contribution is 8.01. The van der Waals surface area contributed by atoms with Crippen LogP contribution >= 0.6 is 11.8 Å². The van der Waals surface area contributed by atoms with Crippen LogP contribution in [-0.2, 0) is 19.1 Å². The van der Waals surface area contributed by atoms with Crippen molar-refractivity contribution in [2.24, 2.45) is 0 Å². The van der Waals surface area contributed by atoms with E-state index in [0.717, 1.165) is 16.7 Å². The first-order valence-electron chi connectivity index (χ1n) is 10.5. The summed E-state index contributed by atoms with van der Waals surface area (Å²) < 4.78 is 5.66. The van der Waals surface area contributed by atoms with E-state index in [9.17, 15) is 9.59 Å². The summed E-state index contributed by atoms with van der Waals surface area (Å²) in [6.07, 6.45) is 0.0203. The van der Waals surface area contributed by atoms with Gasteiger partial charge >= 0.3 is 0 Å². The summed E-state index contributed by atoms with van der Waals surface area (Å²) in [5.74, 6) is -0.635. The quantitative estimate of drug-likeness (QED) is 0.314. The molecule has 4 nitrogen and oxygen atoms in total. The molecule has 2 atom stereocenters. The van der Waals surface area contributed by atoms with E-state index in [2.05, 4.69) is 41.7 Å². The van der Waals surface area contributed by atoms with Crippen molar-refractivity contribution in [1.82, 2.24) is 5.32 Å². The van der Waals surface area contributed by atoms with Gasteiger partial charge in [0.15, 0.2) is 0 Å². The molecule has 1 aliphatic heterocycles. The van der Waals surface area contributed by atoms with Gasteiger partial charge in [-0.15, -0.1) is 11.8 Å². The van der Waals surface area contributed by atoms with Crippen molar-refractivity contribution in [2.75, 3.05) is 0 Å². The Bertz CT molecular complexity index is 928. The fourth-order valence-corrected chi connectivity index (χ4v) is 5.52. The van der Waals surface area contributed by atoms with Gasteiger partial charge in [-0.3, -0.25) is 14.9 Å². The van der Waals surface area contributed by atoms with E-state index in [-0.39, 0.29) is 23.7 Å². The molecule has 158 valence electrons. The van der Waals surface area contributed by atoms with Crippen LogP contribution in [0.1, 0.15) is 36.5 Å². The number of thioether (sulfide) groups is 1. The number of nitrogens with one attached hydrogen (secondary N) is 1. The lowest BCUT2D eigenvalue weighted by Gasteiger charge is -2.38. The third-order valence-electron chi connectivity index (χ3n) is 5.42. The largest absolute Gasteiger partial charge is 0.354 e. The standard InChI is InChI=1S/C26H25NO3S/c1-2-24(30-22-18-23(28)27-25(22)29)31-26(19-12-6-3-7-13-19,20-14-8-4-9-15-20)21-16-10-5-11-17-21/h3-17,22,24H,2,18H2,1H3,(H,27,28,29). The summed E-state index contributed by atoms with van der Waals surface area (Å²) in [6, 6.07) is 31.1. The molecule has 0 bridgehead atoms. The molecule has 0 radical (unpaired) electrons. The summed E-state index contributed by atoms with van der Waals surface area (Å²) in [6.45, 7) is 2.04. The van der Waals surface area contributed by atoms with Gasteiger partial charge in [-0.25, -0.2) is 0 Å². The van der Waals surface area contributed by atoms with Crippen LogP contribution in [0, 0.1) is 0 Å². The third-order valence-corrected chi connectivity index (χ3v) is 7.19. The molecule has 3 aromatic rings. The van der Waals surface area contributed by atoms with Crippen molar-refractivity contribution < 1.29 is 14.3 Å². The highest BCUT2D eigenvalue weighted by Gasteiger charge is 2.41. The zero-order valence-corrected chi connectivity index (χ0v) is 18.2. The number of hydrogen-bond acceptors (Lipinski definition) is 4. The molecule has 1 fully saturated rings. The van der Waals surface area contributed by atoms with Gasteiger partial charge in [0.05, 0.1) is 11.2 Å². The predicted octanol–water partition coefficient (Wildman–Crippen LogP) is 4.88. The molecule has 2 amide bonds. The van der Waals surface area contributed by atoms with Gasteiger partial charge < -0.3 is 4.74 Å². The Morgan fingerprint density at radius 1 is 0.871 bits per heavy atom. The van der Waals surface area contributed by atoms with Gasteiger partial charge in [0.1, 0.15) is 11.5 Å². The van der Waals surface area contributed by atoms with Crippen molar-refractivity contribution in [3.63, 3.8) is 0 Å². The molecule has 31 heavy (non-hydrogen) atoms. The highest BCUT2D eigenvalue weighted by Crippen LogP contribution is 2.51. The molecule has 1 heterocycles. The van der Waals surface area contributed by atoms with Crippen LogP contribution in [0.25, 0.3) is 0 Å². The molecular formula is C26H25NO3S. The Hall–Kier alpha value is -2.89. The number of imide groups is 1. The Balaban J connectivity index is 1.81. The van der Waals surface area contributed by atoms with E-state index >= 15 is 0 Å². The summed E-state index contributed by atoms with van der Waals surface area (Å²) in [4.78, 5) is 23.8. The lowest BCUT2D eigenvalue weighted by Crippen LogP contribution is -2.33. The zero-order valence-electron chi connectivity index (χ0n) is 17.4. The molecular weight excluding hydrogens is 406 g/mol. The Morgan fingerprint density at radius 2 is 1.32 bits per heavy atom. The number of carbonyl (C=O) groups is 2. The number of benzene rings is 3. The van der Waals surface area contributed by atoms with Crippen molar-refractivity contribution >= 4 is 23.6 Å². The fourth-order valence-electron chi connectivity index (χ4n) is 3.95. The normalized spacial score (nSPS) is 17.4. The summed E-state index contributed by atoms with van der Waals surface area (Å²) >= 11 is 1.67. The topological polar surface area (TPSA) is 55.4 Å². The average Bonchev–Trinajstić information content (AvgIpc) is 3.14. The second kappa shape index (κ2) is 9.50. The Labute approximate surface area is 187 Å². The van der Waals surface area contributed by atoms with Crippen molar-refractivity contribution in [3.05, 3.63) is 108 Å². The summed E-state index contributed by atoms with van der Waals surface area (Å²) in [7, 11) is 0. The van der Waals surface area contributed by atoms with E-state index in [1.54, 1.807) is 11.8 Å². The second-order valence-corrected chi connectivity index (χ2v) is 8.85. The van der Waals surface area contributed by atoms with E-state index in [0.29, 0.717) is 6.42 Å². The third kappa shape index (κ3) is 4.43.